The molecular weight excluding hydrogens is 364 g/mol. The number of benzene rings is 1. The minimum absolute atomic E-state index is 0.120. The third-order valence-corrected chi connectivity index (χ3v) is 7.49. The molecule has 0 spiro atoms. The van der Waals surface area contributed by atoms with Gasteiger partial charge in [0.05, 0.1) is 4.90 Å². The summed E-state index contributed by atoms with van der Waals surface area (Å²) in [5, 5.41) is 5.82. The van der Waals surface area contributed by atoms with Crippen LogP contribution in [0.3, 0.4) is 0 Å². The first-order valence-electron chi connectivity index (χ1n) is 9.67. The molecular formula is C19H30N4O3S. The normalized spacial score (nSPS) is 19.4. The zero-order valence-electron chi connectivity index (χ0n) is 16.3. The lowest BCUT2D eigenvalue weighted by Gasteiger charge is -2.32. The fourth-order valence-corrected chi connectivity index (χ4v) is 4.72. The van der Waals surface area contributed by atoms with Gasteiger partial charge in [0.1, 0.15) is 0 Å². The van der Waals surface area contributed by atoms with Gasteiger partial charge in [-0.25, -0.2) is 13.2 Å². The zero-order valence-corrected chi connectivity index (χ0v) is 17.1. The van der Waals surface area contributed by atoms with Crippen LogP contribution in [0.2, 0.25) is 0 Å². The predicted octanol–water partition coefficient (Wildman–Crippen LogP) is 2.46. The number of urea groups is 1. The molecule has 2 aliphatic rings. The van der Waals surface area contributed by atoms with E-state index in [4.69, 9.17) is 0 Å². The number of nitrogens with one attached hydrogen (secondary N) is 2. The van der Waals surface area contributed by atoms with Crippen LogP contribution in [-0.2, 0) is 10.0 Å². The largest absolute Gasteiger partial charge is 0.335 e. The van der Waals surface area contributed by atoms with Crippen molar-refractivity contribution in [1.82, 2.24) is 14.5 Å². The summed E-state index contributed by atoms with van der Waals surface area (Å²) >= 11 is 0. The second-order valence-corrected chi connectivity index (χ2v) is 9.78. The molecule has 1 saturated carbocycles. The van der Waals surface area contributed by atoms with E-state index in [1.165, 1.54) is 29.3 Å². The first-order chi connectivity index (χ1) is 12.8. The molecule has 2 amide bonds. The fourth-order valence-electron chi connectivity index (χ4n) is 3.36. The van der Waals surface area contributed by atoms with E-state index < -0.39 is 10.0 Å². The number of hydrogen-bond donors (Lipinski definition) is 2. The molecule has 0 unspecified atom stereocenters. The Hall–Kier alpha value is -1.64. The Kier molecular flexibility index (Phi) is 6.08. The quantitative estimate of drug-likeness (QED) is 0.777. The number of carbonyl (C=O) groups excluding carboxylic acids is 1. The minimum atomic E-state index is -3.51. The molecule has 1 aliphatic heterocycles. The number of sulfonamides is 1. The van der Waals surface area contributed by atoms with E-state index in [1.807, 2.05) is 13.8 Å². The molecule has 0 atom stereocenters. The second kappa shape index (κ2) is 8.16. The van der Waals surface area contributed by atoms with Crippen molar-refractivity contribution < 1.29 is 13.2 Å². The number of likely N-dealkylation sites (tertiary alicyclic amines) is 1. The number of hydrogen-bond acceptors (Lipinski definition) is 4. The highest BCUT2D eigenvalue weighted by Gasteiger charge is 2.32. The first-order valence-corrected chi connectivity index (χ1v) is 11.1. The maximum atomic E-state index is 12.5. The summed E-state index contributed by atoms with van der Waals surface area (Å²) in [4.78, 5) is 15.0. The summed E-state index contributed by atoms with van der Waals surface area (Å²) in [6.45, 7) is 5.75. The maximum Gasteiger partial charge on any atom is 0.319 e. The van der Waals surface area contributed by atoms with Crippen molar-refractivity contribution in [3.8, 4) is 0 Å². The molecule has 1 aromatic carbocycles. The molecule has 27 heavy (non-hydrogen) atoms. The molecule has 1 aliphatic carbocycles. The lowest BCUT2D eigenvalue weighted by atomic mass is 10.1. The van der Waals surface area contributed by atoms with Crippen molar-refractivity contribution in [2.45, 2.75) is 62.6 Å². The van der Waals surface area contributed by atoms with Gasteiger partial charge in [-0.05, 0) is 63.8 Å². The monoisotopic (exact) mass is 394 g/mol. The molecule has 0 radical (unpaired) electrons. The second-order valence-electron chi connectivity index (χ2n) is 7.78. The molecule has 1 aromatic rings. The fraction of sp³-hybridized carbons (Fsp3) is 0.632. The molecule has 2 fully saturated rings. The highest BCUT2D eigenvalue weighted by Crippen LogP contribution is 2.29. The lowest BCUT2D eigenvalue weighted by molar-refractivity contribution is 0.189. The van der Waals surface area contributed by atoms with Crippen LogP contribution in [0.5, 0.6) is 0 Å². The van der Waals surface area contributed by atoms with Crippen molar-refractivity contribution in [2.75, 3.05) is 25.5 Å². The molecule has 1 saturated heterocycles. The predicted molar refractivity (Wildman–Crippen MR) is 106 cm³/mol. The van der Waals surface area contributed by atoms with E-state index in [-0.39, 0.29) is 23.0 Å². The molecule has 0 bridgehead atoms. The van der Waals surface area contributed by atoms with Crippen LogP contribution >= 0.6 is 0 Å². The van der Waals surface area contributed by atoms with Gasteiger partial charge in [0.15, 0.2) is 0 Å². The smallest absolute Gasteiger partial charge is 0.319 e. The van der Waals surface area contributed by atoms with Crippen molar-refractivity contribution in [1.29, 1.82) is 0 Å². The summed E-state index contributed by atoms with van der Waals surface area (Å²) < 4.78 is 26.3. The van der Waals surface area contributed by atoms with E-state index >= 15 is 0 Å². The average Bonchev–Trinajstić information content (AvgIpc) is 3.47. The summed E-state index contributed by atoms with van der Waals surface area (Å²) in [7, 11) is -1.95. The van der Waals surface area contributed by atoms with E-state index in [1.54, 1.807) is 19.2 Å². The Morgan fingerprint density at radius 1 is 1.11 bits per heavy atom. The molecule has 3 rings (SSSR count). The topological polar surface area (TPSA) is 81.8 Å². The van der Waals surface area contributed by atoms with Gasteiger partial charge in [0, 0.05) is 44.0 Å². The average molecular weight is 395 g/mol. The first kappa shape index (κ1) is 20.1. The van der Waals surface area contributed by atoms with E-state index in [0.717, 1.165) is 32.0 Å². The number of anilines is 1. The van der Waals surface area contributed by atoms with Gasteiger partial charge in [-0.3, -0.25) is 0 Å². The summed E-state index contributed by atoms with van der Waals surface area (Å²) in [5.41, 5.74) is 0.578. The van der Waals surface area contributed by atoms with Crippen molar-refractivity contribution in [3.63, 3.8) is 0 Å². The van der Waals surface area contributed by atoms with Crippen molar-refractivity contribution in [3.05, 3.63) is 24.3 Å². The van der Waals surface area contributed by atoms with Gasteiger partial charge < -0.3 is 15.5 Å². The maximum absolute atomic E-state index is 12.5. The number of carbonyl (C=O) groups is 1. The number of piperidine rings is 1. The van der Waals surface area contributed by atoms with Crippen LogP contribution in [0.15, 0.2) is 29.2 Å². The minimum Gasteiger partial charge on any atom is -0.335 e. The van der Waals surface area contributed by atoms with Crippen LogP contribution in [0.1, 0.15) is 39.5 Å². The van der Waals surface area contributed by atoms with Gasteiger partial charge in [-0.15, -0.1) is 0 Å². The van der Waals surface area contributed by atoms with Gasteiger partial charge >= 0.3 is 6.03 Å². The zero-order chi connectivity index (χ0) is 19.6. The highest BCUT2D eigenvalue weighted by molar-refractivity contribution is 7.89. The van der Waals surface area contributed by atoms with Crippen LogP contribution in [-0.4, -0.2) is 61.9 Å². The van der Waals surface area contributed by atoms with E-state index in [0.29, 0.717) is 5.69 Å². The van der Waals surface area contributed by atoms with Crippen molar-refractivity contribution in [2.24, 2.45) is 0 Å². The van der Waals surface area contributed by atoms with E-state index in [2.05, 4.69) is 15.5 Å². The summed E-state index contributed by atoms with van der Waals surface area (Å²) in [5.74, 6) is 0. The van der Waals surface area contributed by atoms with Gasteiger partial charge in [-0.2, -0.15) is 4.31 Å². The Balaban J connectivity index is 1.51. The molecule has 8 heteroatoms. The molecule has 7 nitrogen and oxygen atoms in total. The third kappa shape index (κ3) is 5.00. The molecule has 150 valence electrons. The van der Waals surface area contributed by atoms with E-state index in [9.17, 15) is 13.2 Å². The highest BCUT2D eigenvalue weighted by atomic mass is 32.2. The molecule has 1 heterocycles. The molecule has 2 N–H and O–H groups in total. The van der Waals surface area contributed by atoms with Crippen LogP contribution in [0, 0.1) is 0 Å². The summed E-state index contributed by atoms with van der Waals surface area (Å²) in [6.07, 6.45) is 4.58. The van der Waals surface area contributed by atoms with Crippen LogP contribution in [0.4, 0.5) is 10.5 Å². The SMILES string of the molecule is CC(C)N(C)S(=O)(=O)c1ccc(NC(=O)NC2CCN(C3CC3)CC2)cc1. The Labute approximate surface area is 162 Å². The lowest BCUT2D eigenvalue weighted by Crippen LogP contribution is -2.46. The van der Waals surface area contributed by atoms with Crippen molar-refractivity contribution >= 4 is 21.7 Å². The van der Waals surface area contributed by atoms with Crippen LogP contribution < -0.4 is 10.6 Å². The number of rotatable bonds is 6. The van der Waals surface area contributed by atoms with Crippen LogP contribution in [0.25, 0.3) is 0 Å². The standard InChI is InChI=1S/C19H30N4O3S/c1-14(2)22(3)27(25,26)18-8-4-15(5-9-18)20-19(24)21-16-10-12-23(13-11-16)17-6-7-17/h4-5,8-9,14,16-17H,6-7,10-13H2,1-3H3,(H2,20,21,24). The molecule has 0 aromatic heterocycles. The van der Waals surface area contributed by atoms with Gasteiger partial charge in [-0.1, -0.05) is 0 Å². The Morgan fingerprint density at radius 3 is 2.22 bits per heavy atom. The van der Waals surface area contributed by atoms with Gasteiger partial charge in [0.25, 0.3) is 0 Å². The number of amides is 2. The Bertz CT molecular complexity index is 752. The van der Waals surface area contributed by atoms with Gasteiger partial charge in [0.2, 0.25) is 10.0 Å². The number of nitrogens with zero attached hydrogens (tertiary/aromatic N) is 2. The third-order valence-electron chi connectivity index (χ3n) is 5.44. The Morgan fingerprint density at radius 2 is 1.70 bits per heavy atom. The summed E-state index contributed by atoms with van der Waals surface area (Å²) in [6, 6.07) is 6.91.